The van der Waals surface area contributed by atoms with Crippen molar-refractivity contribution in [3.05, 3.63) is 0 Å². The normalized spacial score (nSPS) is 30.0. The van der Waals surface area contributed by atoms with Gasteiger partial charge in [-0.1, -0.05) is 20.8 Å². The lowest BCUT2D eigenvalue weighted by atomic mass is 9.75. The molecule has 0 radical (unpaired) electrons. The molecule has 0 N–H and O–H groups in total. The van der Waals surface area contributed by atoms with Gasteiger partial charge in [0.1, 0.15) is 0 Å². The van der Waals surface area contributed by atoms with Crippen molar-refractivity contribution in [2.24, 2.45) is 11.3 Å². The van der Waals surface area contributed by atoms with Crippen molar-refractivity contribution in [1.29, 1.82) is 0 Å². The minimum absolute atomic E-state index is 0.328. The molecule has 26 heavy (non-hydrogen) atoms. The van der Waals surface area contributed by atoms with E-state index in [1.807, 2.05) is 0 Å². The van der Waals surface area contributed by atoms with E-state index in [0.29, 0.717) is 11.0 Å². The van der Waals surface area contributed by atoms with Gasteiger partial charge >= 0.3 is 0 Å². The molecule has 3 saturated heterocycles. The first-order chi connectivity index (χ1) is 12.1. The molecule has 3 rings (SSSR count). The lowest BCUT2D eigenvalue weighted by molar-refractivity contribution is 0.00967. The van der Waals surface area contributed by atoms with Gasteiger partial charge in [0.15, 0.2) is 0 Å². The van der Waals surface area contributed by atoms with E-state index in [4.69, 9.17) is 0 Å². The highest BCUT2D eigenvalue weighted by Gasteiger charge is 2.35. The quantitative estimate of drug-likeness (QED) is 0.716. The van der Waals surface area contributed by atoms with Gasteiger partial charge in [0.05, 0.1) is 0 Å². The average molecular weight is 364 g/mol. The summed E-state index contributed by atoms with van der Waals surface area (Å²) < 4.78 is 0. The summed E-state index contributed by atoms with van der Waals surface area (Å²) in [7, 11) is 0. The Morgan fingerprint density at radius 1 is 0.615 bits per heavy atom. The van der Waals surface area contributed by atoms with E-state index in [0.717, 1.165) is 18.0 Å². The molecule has 3 aliphatic heterocycles. The molecule has 0 aromatic heterocycles. The Bertz CT molecular complexity index is 431. The van der Waals surface area contributed by atoms with Gasteiger partial charge in [-0.3, -0.25) is 9.80 Å². The van der Waals surface area contributed by atoms with Gasteiger partial charge < -0.3 is 4.90 Å². The molecule has 1 atom stereocenters. The van der Waals surface area contributed by atoms with Crippen LogP contribution < -0.4 is 0 Å². The molecule has 3 heteroatoms. The number of piperidine rings is 3. The SMILES string of the molecule is CC(C)(C)C1CCN(C2CCN(C3CCCN(C(C)(C)C)C3)CC2)CC1. The second-order valence-electron chi connectivity index (χ2n) is 11.4. The fourth-order valence-corrected chi connectivity index (χ4v) is 5.61. The van der Waals surface area contributed by atoms with Crippen molar-refractivity contribution in [3.8, 4) is 0 Å². The predicted molar refractivity (Wildman–Crippen MR) is 113 cm³/mol. The standard InChI is InChI=1S/C23H45N3/c1-22(2,3)19-9-14-24(15-10-19)20-11-16-25(17-12-20)21-8-7-13-26(18-21)23(4,5)6/h19-21H,7-18H2,1-6H3. The molecule has 1 unspecified atom stereocenters. The Morgan fingerprint density at radius 2 is 1.15 bits per heavy atom. The maximum atomic E-state index is 2.84. The summed E-state index contributed by atoms with van der Waals surface area (Å²) in [6.07, 6.45) is 8.40. The fourth-order valence-electron chi connectivity index (χ4n) is 5.61. The highest BCUT2D eigenvalue weighted by Crippen LogP contribution is 2.36. The zero-order chi connectivity index (χ0) is 18.9. The Kier molecular flexibility index (Phi) is 6.41. The third kappa shape index (κ3) is 5.02. The third-order valence-electron chi connectivity index (χ3n) is 7.63. The molecule has 0 aromatic rings. The van der Waals surface area contributed by atoms with Gasteiger partial charge in [0, 0.05) is 24.2 Å². The number of hydrogen-bond donors (Lipinski definition) is 0. The average Bonchev–Trinajstić information content (AvgIpc) is 2.61. The molecular formula is C23H45N3. The van der Waals surface area contributed by atoms with E-state index in [2.05, 4.69) is 56.2 Å². The van der Waals surface area contributed by atoms with Gasteiger partial charge in [0.25, 0.3) is 0 Å². The van der Waals surface area contributed by atoms with Crippen molar-refractivity contribution in [2.45, 2.75) is 97.7 Å². The molecule has 0 spiro atoms. The summed E-state index contributed by atoms with van der Waals surface area (Å²) in [5.41, 5.74) is 0.823. The first kappa shape index (κ1) is 20.6. The number of nitrogens with zero attached hydrogens (tertiary/aromatic N) is 3. The molecule has 0 aromatic carbocycles. The lowest BCUT2D eigenvalue weighted by Gasteiger charge is -2.48. The summed E-state index contributed by atoms with van der Waals surface area (Å²) in [4.78, 5) is 8.38. The van der Waals surface area contributed by atoms with Crippen LogP contribution in [0, 0.1) is 11.3 Å². The molecule has 0 aliphatic carbocycles. The summed E-state index contributed by atoms with van der Waals surface area (Å²) in [5.74, 6) is 0.921. The van der Waals surface area contributed by atoms with Crippen molar-refractivity contribution in [2.75, 3.05) is 39.3 Å². The molecule has 3 heterocycles. The molecule has 3 aliphatic rings. The number of likely N-dealkylation sites (tertiary alicyclic amines) is 3. The van der Waals surface area contributed by atoms with Gasteiger partial charge in [0.2, 0.25) is 0 Å². The zero-order valence-corrected chi connectivity index (χ0v) is 18.6. The van der Waals surface area contributed by atoms with Crippen LogP contribution in [0.1, 0.15) is 80.1 Å². The highest BCUT2D eigenvalue weighted by molar-refractivity contribution is 4.91. The highest BCUT2D eigenvalue weighted by atomic mass is 15.3. The van der Waals surface area contributed by atoms with Gasteiger partial charge in [-0.2, -0.15) is 0 Å². The van der Waals surface area contributed by atoms with Gasteiger partial charge in [-0.05, 0) is 103 Å². The van der Waals surface area contributed by atoms with Crippen LogP contribution in [0.25, 0.3) is 0 Å². The van der Waals surface area contributed by atoms with E-state index in [1.165, 1.54) is 77.8 Å². The maximum Gasteiger partial charge on any atom is 0.0223 e. The largest absolute Gasteiger partial charge is 0.300 e. The Hall–Kier alpha value is -0.120. The first-order valence-corrected chi connectivity index (χ1v) is 11.4. The Balaban J connectivity index is 1.45. The first-order valence-electron chi connectivity index (χ1n) is 11.4. The summed E-state index contributed by atoms with van der Waals surface area (Å²) >= 11 is 0. The number of hydrogen-bond acceptors (Lipinski definition) is 3. The Morgan fingerprint density at radius 3 is 1.69 bits per heavy atom. The van der Waals surface area contributed by atoms with Crippen molar-refractivity contribution < 1.29 is 0 Å². The van der Waals surface area contributed by atoms with Crippen LogP contribution in [0.5, 0.6) is 0 Å². The molecule has 0 amide bonds. The predicted octanol–water partition coefficient (Wildman–Crippen LogP) is 4.47. The number of rotatable bonds is 2. The molecule has 0 saturated carbocycles. The third-order valence-corrected chi connectivity index (χ3v) is 7.63. The van der Waals surface area contributed by atoms with Crippen LogP contribution in [-0.4, -0.2) is 71.6 Å². The minimum Gasteiger partial charge on any atom is -0.300 e. The molecular weight excluding hydrogens is 318 g/mol. The fraction of sp³-hybridized carbons (Fsp3) is 1.00. The van der Waals surface area contributed by atoms with Crippen LogP contribution in [0.3, 0.4) is 0 Å². The monoisotopic (exact) mass is 363 g/mol. The summed E-state index contributed by atoms with van der Waals surface area (Å²) in [6.45, 7) is 22.3. The van der Waals surface area contributed by atoms with Gasteiger partial charge in [-0.15, -0.1) is 0 Å². The van der Waals surface area contributed by atoms with Crippen LogP contribution in [0.2, 0.25) is 0 Å². The van der Waals surface area contributed by atoms with Crippen LogP contribution in [0.15, 0.2) is 0 Å². The van der Waals surface area contributed by atoms with E-state index < -0.39 is 0 Å². The smallest absolute Gasteiger partial charge is 0.0223 e. The second kappa shape index (κ2) is 8.09. The van der Waals surface area contributed by atoms with Gasteiger partial charge in [-0.25, -0.2) is 0 Å². The maximum absolute atomic E-state index is 2.84. The van der Waals surface area contributed by atoms with E-state index in [1.54, 1.807) is 0 Å². The van der Waals surface area contributed by atoms with Crippen LogP contribution in [-0.2, 0) is 0 Å². The molecule has 3 fully saturated rings. The second-order valence-corrected chi connectivity index (χ2v) is 11.4. The lowest BCUT2D eigenvalue weighted by Crippen LogP contribution is -2.56. The van der Waals surface area contributed by atoms with E-state index >= 15 is 0 Å². The van der Waals surface area contributed by atoms with Crippen molar-refractivity contribution in [3.63, 3.8) is 0 Å². The van der Waals surface area contributed by atoms with E-state index in [9.17, 15) is 0 Å². The molecule has 3 nitrogen and oxygen atoms in total. The minimum atomic E-state index is 0.328. The topological polar surface area (TPSA) is 9.72 Å². The molecule has 152 valence electrons. The van der Waals surface area contributed by atoms with E-state index in [-0.39, 0.29) is 0 Å². The van der Waals surface area contributed by atoms with Crippen LogP contribution >= 0.6 is 0 Å². The van der Waals surface area contributed by atoms with Crippen LogP contribution in [0.4, 0.5) is 0 Å². The van der Waals surface area contributed by atoms with Crippen molar-refractivity contribution >= 4 is 0 Å². The van der Waals surface area contributed by atoms with Crippen molar-refractivity contribution in [1.82, 2.24) is 14.7 Å². The summed E-state index contributed by atoms with van der Waals surface area (Å²) in [6, 6.07) is 1.66. The zero-order valence-electron chi connectivity index (χ0n) is 18.6. The molecule has 0 bridgehead atoms. The summed E-state index contributed by atoms with van der Waals surface area (Å²) in [5, 5.41) is 0. The Labute approximate surface area is 163 Å².